The third kappa shape index (κ3) is 7.17. The molecule has 0 saturated carbocycles. The van der Waals surface area contributed by atoms with E-state index in [9.17, 15) is 0 Å². The van der Waals surface area contributed by atoms with Crippen molar-refractivity contribution in [2.75, 3.05) is 45.9 Å². The highest BCUT2D eigenvalue weighted by atomic mass is 16.5. The smallest absolute Gasteiger partial charge is 0.191 e. The van der Waals surface area contributed by atoms with Gasteiger partial charge in [-0.05, 0) is 70.3 Å². The SMILES string of the molecule is CCCN1CCC(CNC(=NCc2ccc(C)cc2OC2CCOC2)NCC)CC1. The third-order valence-corrected chi connectivity index (χ3v) is 5.96. The van der Waals surface area contributed by atoms with E-state index in [0.29, 0.717) is 13.2 Å². The van der Waals surface area contributed by atoms with Gasteiger partial charge < -0.3 is 25.0 Å². The topological polar surface area (TPSA) is 58.1 Å². The molecule has 0 spiro atoms. The summed E-state index contributed by atoms with van der Waals surface area (Å²) in [5, 5.41) is 6.96. The van der Waals surface area contributed by atoms with Gasteiger partial charge in [0.1, 0.15) is 11.9 Å². The maximum absolute atomic E-state index is 6.22. The van der Waals surface area contributed by atoms with E-state index >= 15 is 0 Å². The first kappa shape index (κ1) is 22.9. The van der Waals surface area contributed by atoms with Crippen molar-refractivity contribution >= 4 is 5.96 Å². The molecule has 2 aliphatic heterocycles. The fourth-order valence-electron chi connectivity index (χ4n) is 4.16. The Morgan fingerprint density at radius 3 is 2.73 bits per heavy atom. The molecular weight excluding hydrogens is 376 g/mol. The summed E-state index contributed by atoms with van der Waals surface area (Å²) in [4.78, 5) is 7.44. The van der Waals surface area contributed by atoms with Gasteiger partial charge in [-0.1, -0.05) is 19.1 Å². The van der Waals surface area contributed by atoms with Crippen molar-refractivity contribution < 1.29 is 9.47 Å². The summed E-state index contributed by atoms with van der Waals surface area (Å²) in [6, 6.07) is 6.39. The Balaban J connectivity index is 1.55. The van der Waals surface area contributed by atoms with Crippen molar-refractivity contribution in [2.45, 2.75) is 59.1 Å². The summed E-state index contributed by atoms with van der Waals surface area (Å²) in [7, 11) is 0. The number of nitrogens with one attached hydrogen (secondary N) is 2. The van der Waals surface area contributed by atoms with E-state index in [1.54, 1.807) is 0 Å². The van der Waals surface area contributed by atoms with Crippen LogP contribution in [-0.4, -0.2) is 62.9 Å². The van der Waals surface area contributed by atoms with Crippen LogP contribution in [0.2, 0.25) is 0 Å². The zero-order chi connectivity index (χ0) is 21.2. The van der Waals surface area contributed by atoms with Crippen molar-refractivity contribution in [1.29, 1.82) is 0 Å². The number of nitrogens with zero attached hydrogens (tertiary/aromatic N) is 2. The highest BCUT2D eigenvalue weighted by molar-refractivity contribution is 5.79. The van der Waals surface area contributed by atoms with E-state index in [2.05, 4.69) is 54.5 Å². The Labute approximate surface area is 182 Å². The van der Waals surface area contributed by atoms with E-state index in [0.717, 1.165) is 49.3 Å². The second kappa shape index (κ2) is 12.2. The van der Waals surface area contributed by atoms with Crippen LogP contribution >= 0.6 is 0 Å². The molecule has 30 heavy (non-hydrogen) atoms. The number of hydrogen-bond acceptors (Lipinski definition) is 4. The van der Waals surface area contributed by atoms with E-state index in [1.807, 2.05) is 0 Å². The van der Waals surface area contributed by atoms with Crippen LogP contribution in [0, 0.1) is 12.8 Å². The minimum absolute atomic E-state index is 0.152. The maximum atomic E-state index is 6.22. The lowest BCUT2D eigenvalue weighted by Gasteiger charge is -2.32. The van der Waals surface area contributed by atoms with Crippen LogP contribution in [0.4, 0.5) is 0 Å². The molecule has 0 aliphatic carbocycles. The van der Waals surface area contributed by atoms with Gasteiger partial charge in [-0.3, -0.25) is 0 Å². The molecule has 6 heteroatoms. The van der Waals surface area contributed by atoms with E-state index in [1.165, 1.54) is 44.5 Å². The zero-order valence-corrected chi connectivity index (χ0v) is 19.1. The molecule has 3 rings (SSSR count). The fraction of sp³-hybridized carbons (Fsp3) is 0.708. The number of rotatable bonds is 9. The number of ether oxygens (including phenoxy) is 2. The Kier molecular flexibility index (Phi) is 9.27. The standard InChI is InChI=1S/C24H40N4O2/c1-4-11-28-12-8-20(9-13-28)16-26-24(25-5-2)27-17-21-7-6-19(3)15-23(21)30-22-10-14-29-18-22/h6-7,15,20,22H,4-5,8-14,16-18H2,1-3H3,(H2,25,26,27). The Morgan fingerprint density at radius 1 is 1.20 bits per heavy atom. The fourth-order valence-corrected chi connectivity index (χ4v) is 4.16. The number of guanidine groups is 1. The van der Waals surface area contributed by atoms with Gasteiger partial charge in [-0.2, -0.15) is 0 Å². The van der Waals surface area contributed by atoms with Crippen molar-refractivity contribution in [3.63, 3.8) is 0 Å². The summed E-state index contributed by atoms with van der Waals surface area (Å²) in [5.41, 5.74) is 2.33. The number of aryl methyl sites for hydroxylation is 1. The van der Waals surface area contributed by atoms with Crippen LogP contribution in [0.15, 0.2) is 23.2 Å². The highest BCUT2D eigenvalue weighted by Crippen LogP contribution is 2.24. The zero-order valence-electron chi connectivity index (χ0n) is 19.1. The summed E-state index contributed by atoms with van der Waals surface area (Å²) in [6.07, 6.45) is 4.90. The summed E-state index contributed by atoms with van der Waals surface area (Å²) in [6.45, 7) is 14.1. The molecule has 2 heterocycles. The average Bonchev–Trinajstić information content (AvgIpc) is 3.25. The van der Waals surface area contributed by atoms with Gasteiger partial charge >= 0.3 is 0 Å². The molecule has 168 valence electrons. The first-order valence-corrected chi connectivity index (χ1v) is 11.8. The Morgan fingerprint density at radius 2 is 2.03 bits per heavy atom. The van der Waals surface area contributed by atoms with Crippen LogP contribution in [-0.2, 0) is 11.3 Å². The number of aliphatic imine (C=N–C) groups is 1. The summed E-state index contributed by atoms with van der Waals surface area (Å²) < 4.78 is 11.7. The van der Waals surface area contributed by atoms with Gasteiger partial charge in [-0.25, -0.2) is 4.99 Å². The van der Waals surface area contributed by atoms with Crippen molar-refractivity contribution in [1.82, 2.24) is 15.5 Å². The molecule has 1 unspecified atom stereocenters. The van der Waals surface area contributed by atoms with Crippen molar-refractivity contribution in [2.24, 2.45) is 10.9 Å². The van der Waals surface area contributed by atoms with Gasteiger partial charge in [0.25, 0.3) is 0 Å². The van der Waals surface area contributed by atoms with Crippen LogP contribution < -0.4 is 15.4 Å². The molecule has 0 bridgehead atoms. The third-order valence-electron chi connectivity index (χ3n) is 5.96. The van der Waals surface area contributed by atoms with E-state index in [4.69, 9.17) is 14.5 Å². The molecule has 1 aromatic carbocycles. The van der Waals surface area contributed by atoms with Crippen LogP contribution in [0.25, 0.3) is 0 Å². The van der Waals surface area contributed by atoms with Crippen molar-refractivity contribution in [3.05, 3.63) is 29.3 Å². The first-order valence-electron chi connectivity index (χ1n) is 11.8. The molecule has 1 atom stereocenters. The lowest BCUT2D eigenvalue weighted by Crippen LogP contribution is -2.43. The molecular formula is C24H40N4O2. The van der Waals surface area contributed by atoms with Gasteiger partial charge in [0.05, 0.1) is 19.8 Å². The predicted molar refractivity (Wildman–Crippen MR) is 123 cm³/mol. The molecule has 0 radical (unpaired) electrons. The molecule has 2 fully saturated rings. The van der Waals surface area contributed by atoms with Gasteiger partial charge in [0.2, 0.25) is 0 Å². The number of hydrogen-bond donors (Lipinski definition) is 2. The number of benzene rings is 1. The molecule has 1 aromatic rings. The molecule has 6 nitrogen and oxygen atoms in total. The van der Waals surface area contributed by atoms with Crippen molar-refractivity contribution in [3.8, 4) is 5.75 Å². The minimum Gasteiger partial charge on any atom is -0.488 e. The van der Waals surface area contributed by atoms with Crippen LogP contribution in [0.1, 0.15) is 50.7 Å². The Hall–Kier alpha value is -1.79. The van der Waals surface area contributed by atoms with E-state index < -0.39 is 0 Å². The lowest BCUT2D eigenvalue weighted by molar-refractivity contribution is 0.140. The van der Waals surface area contributed by atoms with Gasteiger partial charge in [-0.15, -0.1) is 0 Å². The molecule has 0 aromatic heterocycles. The van der Waals surface area contributed by atoms with Gasteiger partial charge in [0.15, 0.2) is 5.96 Å². The average molecular weight is 417 g/mol. The van der Waals surface area contributed by atoms with Gasteiger partial charge in [0, 0.05) is 25.1 Å². The van der Waals surface area contributed by atoms with Crippen LogP contribution in [0.3, 0.4) is 0 Å². The maximum Gasteiger partial charge on any atom is 0.191 e. The molecule has 0 amide bonds. The second-order valence-electron chi connectivity index (χ2n) is 8.58. The molecule has 2 aliphatic rings. The highest BCUT2D eigenvalue weighted by Gasteiger charge is 2.20. The largest absolute Gasteiger partial charge is 0.488 e. The van der Waals surface area contributed by atoms with Crippen LogP contribution in [0.5, 0.6) is 5.75 Å². The minimum atomic E-state index is 0.152. The number of likely N-dealkylation sites (tertiary alicyclic amines) is 1. The molecule has 2 saturated heterocycles. The summed E-state index contributed by atoms with van der Waals surface area (Å²) in [5.74, 6) is 2.56. The normalized spacial score (nSPS) is 21.0. The monoisotopic (exact) mass is 416 g/mol. The molecule has 2 N–H and O–H groups in total. The Bertz CT molecular complexity index is 665. The van der Waals surface area contributed by atoms with E-state index in [-0.39, 0.29) is 6.10 Å². The predicted octanol–water partition coefficient (Wildman–Crippen LogP) is 3.34. The first-order chi connectivity index (χ1) is 14.7. The lowest BCUT2D eigenvalue weighted by atomic mass is 9.97. The quantitative estimate of drug-likeness (QED) is 0.478. The summed E-state index contributed by atoms with van der Waals surface area (Å²) >= 11 is 0. The number of piperidine rings is 1. The second-order valence-corrected chi connectivity index (χ2v) is 8.58.